The Labute approximate surface area is 116 Å². The Morgan fingerprint density at radius 2 is 2.16 bits per heavy atom. The van der Waals surface area contributed by atoms with Crippen molar-refractivity contribution in [1.82, 2.24) is 25.3 Å². The van der Waals surface area contributed by atoms with Crippen molar-refractivity contribution in [3.63, 3.8) is 0 Å². The Kier molecular flexibility index (Phi) is 5.12. The number of aliphatic hydroxyl groups excluding tert-OH is 1. The Bertz CT molecular complexity index is 516. The second-order valence-corrected chi connectivity index (χ2v) is 5.81. The monoisotopic (exact) mass is 281 g/mol. The lowest BCUT2D eigenvalue weighted by atomic mass is 10.2. The Morgan fingerprint density at radius 3 is 2.95 bits per heavy atom. The maximum absolute atomic E-state index is 9.89. The van der Waals surface area contributed by atoms with Crippen LogP contribution < -0.4 is 5.32 Å². The molecule has 0 aliphatic heterocycles. The molecule has 3 N–H and O–H groups in total. The summed E-state index contributed by atoms with van der Waals surface area (Å²) in [5.41, 5.74) is 1.49. The first kappa shape index (κ1) is 14.2. The van der Waals surface area contributed by atoms with Gasteiger partial charge in [0.25, 0.3) is 0 Å². The first-order chi connectivity index (χ1) is 9.16. The number of thioether (sulfide) groups is 1. The lowest BCUT2D eigenvalue weighted by molar-refractivity contribution is 0.194. The molecule has 0 spiro atoms. The van der Waals surface area contributed by atoms with Crippen molar-refractivity contribution in [2.24, 2.45) is 5.92 Å². The average Bonchev–Trinajstić information content (AvgIpc) is 2.84. The maximum atomic E-state index is 9.89. The van der Waals surface area contributed by atoms with Crippen LogP contribution in [0.2, 0.25) is 0 Å². The van der Waals surface area contributed by atoms with Crippen LogP contribution >= 0.6 is 11.8 Å². The van der Waals surface area contributed by atoms with Crippen molar-refractivity contribution < 1.29 is 5.11 Å². The van der Waals surface area contributed by atoms with Crippen LogP contribution in [0.4, 0.5) is 0 Å². The molecule has 0 fully saturated rings. The minimum absolute atomic E-state index is 0.392. The lowest BCUT2D eigenvalue weighted by Gasteiger charge is -2.12. The SMILES string of the molecule is CC(C)CNCC(O)CSc1ncnc2nc[nH]c12. The summed E-state index contributed by atoms with van der Waals surface area (Å²) in [5.74, 6) is 1.18. The number of hydrogen-bond acceptors (Lipinski definition) is 6. The van der Waals surface area contributed by atoms with Gasteiger partial charge in [-0.25, -0.2) is 15.0 Å². The van der Waals surface area contributed by atoms with Crippen LogP contribution in [0.15, 0.2) is 17.7 Å². The number of aromatic nitrogens is 4. The fourth-order valence-corrected chi connectivity index (χ4v) is 2.51. The molecule has 0 saturated carbocycles. The highest BCUT2D eigenvalue weighted by Gasteiger charge is 2.10. The first-order valence-corrected chi connectivity index (χ1v) is 7.31. The molecule has 0 aromatic carbocycles. The summed E-state index contributed by atoms with van der Waals surface area (Å²) in [6, 6.07) is 0. The Balaban J connectivity index is 1.83. The van der Waals surface area contributed by atoms with Crippen LogP contribution in [0.1, 0.15) is 13.8 Å². The van der Waals surface area contributed by atoms with Crippen molar-refractivity contribution in [2.75, 3.05) is 18.8 Å². The predicted octanol–water partition coefficient (Wildman–Crippen LogP) is 1.05. The summed E-state index contributed by atoms with van der Waals surface area (Å²) in [6.07, 6.45) is 2.70. The lowest BCUT2D eigenvalue weighted by Crippen LogP contribution is -2.31. The van der Waals surface area contributed by atoms with E-state index in [0.29, 0.717) is 23.9 Å². The number of imidazole rings is 1. The van der Waals surface area contributed by atoms with Crippen molar-refractivity contribution in [3.05, 3.63) is 12.7 Å². The minimum Gasteiger partial charge on any atom is -0.391 e. The second kappa shape index (κ2) is 6.83. The molecule has 1 unspecified atom stereocenters. The zero-order chi connectivity index (χ0) is 13.7. The van der Waals surface area contributed by atoms with E-state index in [9.17, 15) is 5.11 Å². The van der Waals surface area contributed by atoms with Gasteiger partial charge in [-0.15, -0.1) is 11.8 Å². The number of rotatable bonds is 7. The van der Waals surface area contributed by atoms with Crippen LogP contribution in [0.25, 0.3) is 11.2 Å². The standard InChI is InChI=1S/C12H19N5OS/c1-8(2)3-13-4-9(18)5-19-12-10-11(15-6-14-10)16-7-17-12/h6-9,13,18H,3-5H2,1-2H3,(H,14,15,16,17). The van der Waals surface area contributed by atoms with Gasteiger partial charge in [-0.2, -0.15) is 0 Å². The largest absolute Gasteiger partial charge is 0.391 e. The molecule has 2 aromatic rings. The fraction of sp³-hybridized carbons (Fsp3) is 0.583. The number of nitrogens with zero attached hydrogens (tertiary/aromatic N) is 3. The average molecular weight is 281 g/mol. The maximum Gasteiger partial charge on any atom is 0.181 e. The third-order valence-electron chi connectivity index (χ3n) is 2.53. The van der Waals surface area contributed by atoms with E-state index in [1.54, 1.807) is 6.33 Å². The molecular formula is C12H19N5OS. The molecule has 0 aliphatic carbocycles. The quantitative estimate of drug-likeness (QED) is 0.519. The van der Waals surface area contributed by atoms with Gasteiger partial charge in [0.05, 0.1) is 12.4 Å². The van der Waals surface area contributed by atoms with Gasteiger partial charge in [0, 0.05) is 12.3 Å². The number of aromatic amines is 1. The van der Waals surface area contributed by atoms with Gasteiger partial charge in [0.2, 0.25) is 0 Å². The molecule has 19 heavy (non-hydrogen) atoms. The molecular weight excluding hydrogens is 262 g/mol. The van der Waals surface area contributed by atoms with Gasteiger partial charge in [0.1, 0.15) is 16.9 Å². The van der Waals surface area contributed by atoms with Crippen LogP contribution in [0.5, 0.6) is 0 Å². The Hall–Kier alpha value is -1.18. The highest BCUT2D eigenvalue weighted by atomic mass is 32.2. The number of hydrogen-bond donors (Lipinski definition) is 3. The number of fused-ring (bicyclic) bond motifs is 1. The number of H-pyrrole nitrogens is 1. The zero-order valence-electron chi connectivity index (χ0n) is 11.1. The van der Waals surface area contributed by atoms with Crippen LogP contribution in [-0.4, -0.2) is 50.0 Å². The normalized spacial score (nSPS) is 13.3. The van der Waals surface area contributed by atoms with E-state index in [0.717, 1.165) is 17.1 Å². The molecule has 0 bridgehead atoms. The second-order valence-electron chi connectivity index (χ2n) is 4.80. The summed E-state index contributed by atoms with van der Waals surface area (Å²) in [4.78, 5) is 15.4. The van der Waals surface area contributed by atoms with Gasteiger partial charge in [0.15, 0.2) is 5.65 Å². The van der Waals surface area contributed by atoms with E-state index in [2.05, 4.69) is 39.1 Å². The fourth-order valence-electron chi connectivity index (χ4n) is 1.62. The zero-order valence-corrected chi connectivity index (χ0v) is 11.9. The molecule has 0 amide bonds. The van der Waals surface area contributed by atoms with Crippen molar-refractivity contribution in [1.29, 1.82) is 0 Å². The van der Waals surface area contributed by atoms with E-state index in [1.165, 1.54) is 18.1 Å². The summed E-state index contributed by atoms with van der Waals surface area (Å²) in [6.45, 7) is 5.80. The van der Waals surface area contributed by atoms with Gasteiger partial charge in [-0.3, -0.25) is 0 Å². The van der Waals surface area contributed by atoms with Crippen LogP contribution in [-0.2, 0) is 0 Å². The van der Waals surface area contributed by atoms with Gasteiger partial charge < -0.3 is 15.4 Å². The molecule has 0 aliphatic rings. The topological polar surface area (TPSA) is 86.7 Å². The third-order valence-corrected chi connectivity index (χ3v) is 3.67. The van der Waals surface area contributed by atoms with E-state index in [-0.39, 0.29) is 0 Å². The molecule has 0 saturated heterocycles. The number of nitrogens with one attached hydrogen (secondary N) is 2. The van der Waals surface area contributed by atoms with Gasteiger partial charge in [-0.1, -0.05) is 13.8 Å². The molecule has 6 nitrogen and oxygen atoms in total. The molecule has 2 rings (SSSR count). The third kappa shape index (κ3) is 4.15. The van der Waals surface area contributed by atoms with Crippen molar-refractivity contribution >= 4 is 22.9 Å². The summed E-state index contributed by atoms with van der Waals surface area (Å²) < 4.78 is 0. The van der Waals surface area contributed by atoms with Crippen molar-refractivity contribution in [2.45, 2.75) is 25.0 Å². The van der Waals surface area contributed by atoms with E-state index in [1.807, 2.05) is 0 Å². The van der Waals surface area contributed by atoms with E-state index < -0.39 is 6.10 Å². The van der Waals surface area contributed by atoms with Gasteiger partial charge in [-0.05, 0) is 12.5 Å². The molecule has 7 heteroatoms. The Morgan fingerprint density at radius 1 is 1.32 bits per heavy atom. The molecule has 1 atom stereocenters. The predicted molar refractivity (Wildman–Crippen MR) is 76.1 cm³/mol. The number of aliphatic hydroxyl groups is 1. The smallest absolute Gasteiger partial charge is 0.181 e. The summed E-state index contributed by atoms with van der Waals surface area (Å²) in [5, 5.41) is 14.0. The molecule has 0 radical (unpaired) electrons. The van der Waals surface area contributed by atoms with Crippen molar-refractivity contribution in [3.8, 4) is 0 Å². The molecule has 2 aromatic heterocycles. The van der Waals surface area contributed by atoms with Crippen LogP contribution in [0, 0.1) is 5.92 Å². The van der Waals surface area contributed by atoms with Crippen LogP contribution in [0.3, 0.4) is 0 Å². The van der Waals surface area contributed by atoms with E-state index >= 15 is 0 Å². The molecule has 2 heterocycles. The highest BCUT2D eigenvalue weighted by Crippen LogP contribution is 2.22. The minimum atomic E-state index is -0.392. The van der Waals surface area contributed by atoms with Gasteiger partial charge >= 0.3 is 0 Å². The summed E-state index contributed by atoms with van der Waals surface area (Å²) >= 11 is 1.51. The van der Waals surface area contributed by atoms with E-state index in [4.69, 9.17) is 0 Å². The highest BCUT2D eigenvalue weighted by molar-refractivity contribution is 7.99. The first-order valence-electron chi connectivity index (χ1n) is 6.32. The molecule has 104 valence electrons. The summed E-state index contributed by atoms with van der Waals surface area (Å²) in [7, 11) is 0.